The molecule has 0 N–H and O–H groups in total. The molecule has 0 radical (unpaired) electrons. The van der Waals surface area contributed by atoms with Crippen LogP contribution in [0.1, 0.15) is 23.6 Å². The van der Waals surface area contributed by atoms with Gasteiger partial charge in [-0.05, 0) is 41.8 Å². The normalized spacial score (nSPS) is 21.2. The van der Waals surface area contributed by atoms with Crippen molar-refractivity contribution in [3.8, 4) is 0 Å². The summed E-state index contributed by atoms with van der Waals surface area (Å²) in [6, 6.07) is 21.0. The smallest absolute Gasteiger partial charge is 0.274 e. The summed E-state index contributed by atoms with van der Waals surface area (Å²) in [6.45, 7) is 2.06. The molecule has 2 heterocycles. The van der Waals surface area contributed by atoms with Crippen molar-refractivity contribution >= 4 is 44.6 Å². The van der Waals surface area contributed by atoms with Gasteiger partial charge in [0.2, 0.25) is 5.91 Å². The molecule has 1 atom stereocenters. The van der Waals surface area contributed by atoms with E-state index in [-0.39, 0.29) is 12.1 Å². The zero-order valence-corrected chi connectivity index (χ0v) is 19.4. The number of sulfone groups is 1. The molecule has 3 aromatic carbocycles. The summed E-state index contributed by atoms with van der Waals surface area (Å²) in [5.41, 5.74) is 2.75. The van der Waals surface area contributed by atoms with Gasteiger partial charge in [-0.25, -0.2) is 8.42 Å². The first-order valence-corrected chi connectivity index (χ1v) is 12.6. The van der Waals surface area contributed by atoms with Crippen LogP contribution in [0, 0.1) is 0 Å². The zero-order valence-electron chi connectivity index (χ0n) is 17.9. The summed E-state index contributed by atoms with van der Waals surface area (Å²) in [4.78, 5) is 27.7. The lowest BCUT2D eigenvalue weighted by molar-refractivity contribution is -0.123. The zero-order chi connectivity index (χ0) is 23.4. The van der Waals surface area contributed by atoms with Crippen LogP contribution < -0.4 is 9.80 Å². The predicted molar refractivity (Wildman–Crippen MR) is 128 cm³/mol. The van der Waals surface area contributed by atoms with Crippen molar-refractivity contribution in [3.63, 3.8) is 0 Å². The first-order valence-electron chi connectivity index (χ1n) is 10.6. The van der Waals surface area contributed by atoms with Crippen LogP contribution in [0.4, 0.5) is 11.4 Å². The van der Waals surface area contributed by atoms with Crippen molar-refractivity contribution in [1.29, 1.82) is 0 Å². The molecule has 168 valence electrons. The second kappa shape index (κ2) is 7.71. The Labute approximate surface area is 197 Å². The number of para-hydroxylation sites is 1. The van der Waals surface area contributed by atoms with Crippen LogP contribution in [-0.4, -0.2) is 26.0 Å². The number of benzene rings is 3. The first-order chi connectivity index (χ1) is 15.8. The number of aryl methyl sites for hydroxylation is 1. The molecule has 0 unspecified atom stereocenters. The van der Waals surface area contributed by atoms with Gasteiger partial charge >= 0.3 is 0 Å². The van der Waals surface area contributed by atoms with Crippen molar-refractivity contribution in [3.05, 3.63) is 94.5 Å². The Bertz CT molecular complexity index is 1400. The van der Waals surface area contributed by atoms with E-state index in [1.807, 2.05) is 19.1 Å². The molecule has 8 heteroatoms. The van der Waals surface area contributed by atoms with Gasteiger partial charge < -0.3 is 4.90 Å². The fraction of sp³-hybridized carbons (Fsp3) is 0.200. The van der Waals surface area contributed by atoms with Crippen LogP contribution in [0.3, 0.4) is 0 Å². The van der Waals surface area contributed by atoms with Gasteiger partial charge in [-0.2, -0.15) is 0 Å². The second-order valence-electron chi connectivity index (χ2n) is 8.16. The highest BCUT2D eigenvalue weighted by atomic mass is 35.5. The Hall–Kier alpha value is -3.16. The molecule has 3 aromatic rings. The average Bonchev–Trinajstić information content (AvgIpc) is 3.18. The summed E-state index contributed by atoms with van der Waals surface area (Å²) in [5.74, 6) is -2.02. The van der Waals surface area contributed by atoms with Crippen LogP contribution in [0.5, 0.6) is 0 Å². The quantitative estimate of drug-likeness (QED) is 0.564. The molecule has 2 amide bonds. The third-order valence-corrected chi connectivity index (χ3v) is 8.76. The topological polar surface area (TPSA) is 74.8 Å². The average molecular weight is 481 g/mol. The molecule has 2 aliphatic heterocycles. The van der Waals surface area contributed by atoms with E-state index >= 15 is 0 Å². The van der Waals surface area contributed by atoms with Gasteiger partial charge in [0.05, 0.1) is 12.2 Å². The lowest BCUT2D eigenvalue weighted by atomic mass is 10.0. The molecule has 2 aliphatic rings. The van der Waals surface area contributed by atoms with E-state index in [0.717, 1.165) is 5.56 Å². The molecule has 1 fully saturated rings. The number of carbonyl (C=O) groups is 2. The van der Waals surface area contributed by atoms with Crippen molar-refractivity contribution in [1.82, 2.24) is 0 Å². The number of halogens is 1. The molecule has 0 aliphatic carbocycles. The molecular formula is C25H21ClN2O4S. The van der Waals surface area contributed by atoms with E-state index in [1.165, 1.54) is 9.80 Å². The van der Waals surface area contributed by atoms with Crippen molar-refractivity contribution in [2.75, 3.05) is 15.6 Å². The van der Waals surface area contributed by atoms with E-state index in [4.69, 9.17) is 11.6 Å². The number of hydrogen-bond donors (Lipinski definition) is 0. The molecule has 6 nitrogen and oxygen atoms in total. The minimum atomic E-state index is -4.20. The van der Waals surface area contributed by atoms with E-state index in [0.29, 0.717) is 28.4 Å². The van der Waals surface area contributed by atoms with Gasteiger partial charge in [-0.15, -0.1) is 0 Å². The molecule has 5 rings (SSSR count). The second-order valence-corrected chi connectivity index (χ2v) is 10.7. The van der Waals surface area contributed by atoms with E-state index in [2.05, 4.69) is 0 Å². The minimum Gasteiger partial charge on any atom is -0.304 e. The highest BCUT2D eigenvalue weighted by molar-refractivity contribution is 7.94. The molecular weight excluding hydrogens is 460 g/mol. The van der Waals surface area contributed by atoms with Crippen LogP contribution >= 0.6 is 11.6 Å². The third kappa shape index (κ3) is 3.03. The standard InChI is InChI=1S/C25H21ClN2O4S/c1-2-17-8-7-10-19(14-17)28-23(29)16-33(31,32)25(28)20-11-4-6-13-22(20)27(24(25)30)15-18-9-3-5-12-21(18)26/h3-14H,2,15-16H2,1H3/t25-/m0/s1. The summed E-state index contributed by atoms with van der Waals surface area (Å²) >= 11 is 6.35. The molecule has 0 bridgehead atoms. The van der Waals surface area contributed by atoms with Gasteiger partial charge in [-0.3, -0.25) is 14.5 Å². The van der Waals surface area contributed by atoms with Crippen LogP contribution in [0.2, 0.25) is 5.02 Å². The third-order valence-electron chi connectivity index (χ3n) is 6.29. The molecule has 0 aromatic heterocycles. The summed E-state index contributed by atoms with van der Waals surface area (Å²) < 4.78 is 27.3. The maximum Gasteiger partial charge on any atom is 0.274 e. The highest BCUT2D eigenvalue weighted by Gasteiger charge is 2.69. The monoisotopic (exact) mass is 480 g/mol. The van der Waals surface area contributed by atoms with Crippen molar-refractivity contribution < 1.29 is 18.0 Å². The lowest BCUT2D eigenvalue weighted by Crippen LogP contribution is -2.54. The Morgan fingerprint density at radius 3 is 2.45 bits per heavy atom. The summed E-state index contributed by atoms with van der Waals surface area (Å²) in [5, 5.41) is 0.474. The number of hydrogen-bond acceptors (Lipinski definition) is 4. The number of rotatable bonds is 4. The lowest BCUT2D eigenvalue weighted by Gasteiger charge is -2.33. The Kier molecular flexibility index (Phi) is 5.06. The number of anilines is 2. The Morgan fingerprint density at radius 2 is 1.70 bits per heavy atom. The number of carbonyl (C=O) groups excluding carboxylic acids is 2. The van der Waals surface area contributed by atoms with E-state index < -0.39 is 32.3 Å². The predicted octanol–water partition coefficient (Wildman–Crippen LogP) is 4.06. The summed E-state index contributed by atoms with van der Waals surface area (Å²) in [7, 11) is -4.20. The largest absolute Gasteiger partial charge is 0.304 e. The van der Waals surface area contributed by atoms with Crippen LogP contribution in [-0.2, 0) is 37.3 Å². The maximum atomic E-state index is 14.1. The molecule has 1 saturated heterocycles. The van der Waals surface area contributed by atoms with Crippen molar-refractivity contribution in [2.45, 2.75) is 24.8 Å². The van der Waals surface area contributed by atoms with Gasteiger partial charge in [0.1, 0.15) is 5.75 Å². The van der Waals surface area contributed by atoms with E-state index in [9.17, 15) is 18.0 Å². The first kappa shape index (κ1) is 21.7. The van der Waals surface area contributed by atoms with Gasteiger partial charge in [0, 0.05) is 16.3 Å². The fourth-order valence-corrected chi connectivity index (χ4v) is 6.99. The van der Waals surface area contributed by atoms with Crippen molar-refractivity contribution in [2.24, 2.45) is 0 Å². The molecule has 0 saturated carbocycles. The van der Waals surface area contributed by atoms with Crippen LogP contribution in [0.15, 0.2) is 72.8 Å². The highest BCUT2D eigenvalue weighted by Crippen LogP contribution is 2.53. The number of fused-ring (bicyclic) bond motifs is 2. The fourth-order valence-electron chi connectivity index (χ4n) is 4.76. The van der Waals surface area contributed by atoms with Gasteiger partial charge in [-0.1, -0.05) is 67.1 Å². The van der Waals surface area contributed by atoms with E-state index in [1.54, 1.807) is 60.7 Å². The maximum absolute atomic E-state index is 14.1. The van der Waals surface area contributed by atoms with Gasteiger partial charge in [0.15, 0.2) is 9.84 Å². The number of nitrogens with zero attached hydrogens (tertiary/aromatic N) is 2. The summed E-state index contributed by atoms with van der Waals surface area (Å²) in [6.07, 6.45) is 0.707. The molecule has 33 heavy (non-hydrogen) atoms. The Morgan fingerprint density at radius 1 is 0.970 bits per heavy atom. The van der Waals surface area contributed by atoms with Crippen LogP contribution in [0.25, 0.3) is 0 Å². The minimum absolute atomic E-state index is 0.0871. The number of amides is 2. The SMILES string of the molecule is CCc1cccc(N2C(=O)CS(=O)(=O)[C@@]23C(=O)N(Cc2ccccc2Cl)c2ccccc23)c1. The Balaban J connectivity index is 1.75. The molecule has 1 spiro atoms. The van der Waals surface area contributed by atoms with Gasteiger partial charge in [0.25, 0.3) is 10.8 Å².